The quantitative estimate of drug-likeness (QED) is 0.680. The molecule has 2 unspecified atom stereocenters. The summed E-state index contributed by atoms with van der Waals surface area (Å²) in [6.07, 6.45) is 4.39. The molecule has 1 fully saturated rings. The summed E-state index contributed by atoms with van der Waals surface area (Å²) < 4.78 is 11.3. The van der Waals surface area contributed by atoms with Crippen molar-refractivity contribution in [2.45, 2.75) is 31.8 Å². The van der Waals surface area contributed by atoms with Gasteiger partial charge in [0.2, 0.25) is 0 Å². The molecule has 102 valence electrons. The SMILES string of the molecule is Cc1cc2ccc1C(=O)OC1=CC3CCC1(C3)OC2=O. The summed E-state index contributed by atoms with van der Waals surface area (Å²) in [5.41, 5.74) is 0.995. The van der Waals surface area contributed by atoms with E-state index < -0.39 is 5.60 Å². The number of carbonyl (C=O) groups is 2. The molecule has 2 heterocycles. The molecule has 2 aliphatic carbocycles. The van der Waals surface area contributed by atoms with Crippen LogP contribution in [0.1, 0.15) is 45.5 Å². The van der Waals surface area contributed by atoms with Gasteiger partial charge in [0, 0.05) is 6.42 Å². The summed E-state index contributed by atoms with van der Waals surface area (Å²) in [6.45, 7) is 1.79. The van der Waals surface area contributed by atoms with Crippen LogP contribution in [-0.4, -0.2) is 17.5 Å². The van der Waals surface area contributed by atoms with Crippen LogP contribution >= 0.6 is 0 Å². The fourth-order valence-corrected chi connectivity index (χ4v) is 3.46. The lowest BCUT2D eigenvalue weighted by Gasteiger charge is -2.30. The van der Waals surface area contributed by atoms with E-state index in [1.807, 2.05) is 6.08 Å². The van der Waals surface area contributed by atoms with Crippen LogP contribution in [0.25, 0.3) is 0 Å². The van der Waals surface area contributed by atoms with Gasteiger partial charge in [-0.2, -0.15) is 0 Å². The number of esters is 2. The van der Waals surface area contributed by atoms with Crippen LogP contribution in [0.4, 0.5) is 0 Å². The third kappa shape index (κ3) is 1.48. The Morgan fingerprint density at radius 2 is 2.10 bits per heavy atom. The van der Waals surface area contributed by atoms with E-state index in [-0.39, 0.29) is 11.9 Å². The van der Waals surface area contributed by atoms with Crippen LogP contribution in [0.5, 0.6) is 0 Å². The molecule has 1 saturated carbocycles. The van der Waals surface area contributed by atoms with Crippen LogP contribution < -0.4 is 0 Å². The van der Waals surface area contributed by atoms with E-state index in [1.54, 1.807) is 25.1 Å². The van der Waals surface area contributed by atoms with Crippen molar-refractivity contribution in [2.24, 2.45) is 5.92 Å². The molecule has 1 spiro atoms. The van der Waals surface area contributed by atoms with Gasteiger partial charge in [-0.1, -0.05) is 0 Å². The third-order valence-corrected chi connectivity index (χ3v) is 4.52. The van der Waals surface area contributed by atoms with Gasteiger partial charge >= 0.3 is 11.9 Å². The van der Waals surface area contributed by atoms with E-state index in [2.05, 4.69) is 0 Å². The first kappa shape index (κ1) is 11.7. The van der Waals surface area contributed by atoms with Crippen molar-refractivity contribution in [3.8, 4) is 0 Å². The van der Waals surface area contributed by atoms with Gasteiger partial charge in [0.25, 0.3) is 0 Å². The molecule has 5 rings (SSSR count). The van der Waals surface area contributed by atoms with Gasteiger partial charge in [0.15, 0.2) is 5.60 Å². The molecule has 0 saturated heterocycles. The lowest BCUT2D eigenvalue weighted by molar-refractivity contribution is -0.0198. The highest BCUT2D eigenvalue weighted by atomic mass is 16.6. The summed E-state index contributed by atoms with van der Waals surface area (Å²) >= 11 is 0. The highest BCUT2D eigenvalue weighted by Gasteiger charge is 2.52. The summed E-state index contributed by atoms with van der Waals surface area (Å²) in [5, 5.41) is 0. The minimum Gasteiger partial charge on any atom is -0.447 e. The van der Waals surface area contributed by atoms with Crippen molar-refractivity contribution in [2.75, 3.05) is 0 Å². The van der Waals surface area contributed by atoms with E-state index in [0.717, 1.165) is 24.8 Å². The van der Waals surface area contributed by atoms with Crippen molar-refractivity contribution >= 4 is 11.9 Å². The lowest BCUT2D eigenvalue weighted by atomic mass is 9.99. The van der Waals surface area contributed by atoms with Crippen molar-refractivity contribution in [1.29, 1.82) is 0 Å². The van der Waals surface area contributed by atoms with Crippen LogP contribution in [0, 0.1) is 12.8 Å². The first-order chi connectivity index (χ1) is 9.57. The molecule has 0 radical (unpaired) electrons. The Kier molecular flexibility index (Phi) is 2.18. The van der Waals surface area contributed by atoms with E-state index in [4.69, 9.17) is 9.47 Å². The molecule has 0 amide bonds. The fraction of sp³-hybridized carbons (Fsp3) is 0.375. The molecule has 0 N–H and O–H groups in total. The first-order valence-electron chi connectivity index (χ1n) is 6.86. The van der Waals surface area contributed by atoms with Gasteiger partial charge in [-0.3, -0.25) is 0 Å². The van der Waals surface area contributed by atoms with Crippen LogP contribution in [0.2, 0.25) is 0 Å². The van der Waals surface area contributed by atoms with E-state index in [1.165, 1.54) is 0 Å². The Labute approximate surface area is 116 Å². The average Bonchev–Trinajstić information content (AvgIpc) is 2.95. The van der Waals surface area contributed by atoms with Gasteiger partial charge in [-0.15, -0.1) is 0 Å². The molecule has 4 nitrogen and oxygen atoms in total. The minimum atomic E-state index is -0.724. The molecule has 4 aliphatic rings. The van der Waals surface area contributed by atoms with Crippen LogP contribution in [-0.2, 0) is 9.47 Å². The van der Waals surface area contributed by atoms with Crippen molar-refractivity contribution in [3.63, 3.8) is 0 Å². The predicted octanol–water partition coefficient (Wildman–Crippen LogP) is 2.76. The summed E-state index contributed by atoms with van der Waals surface area (Å²) in [7, 11) is 0. The molecule has 0 aromatic heterocycles. The number of benzene rings is 1. The number of carbonyl (C=O) groups excluding carboxylic acids is 2. The second kappa shape index (κ2) is 3.72. The number of allylic oxidation sites excluding steroid dienone is 1. The monoisotopic (exact) mass is 270 g/mol. The normalized spacial score (nSPS) is 30.6. The summed E-state index contributed by atoms with van der Waals surface area (Å²) in [5.74, 6) is 0.159. The molecule has 1 aromatic rings. The highest BCUT2D eigenvalue weighted by Crippen LogP contribution is 2.50. The predicted molar refractivity (Wildman–Crippen MR) is 70.2 cm³/mol. The Bertz CT molecular complexity index is 673. The largest absolute Gasteiger partial charge is 0.447 e. The topological polar surface area (TPSA) is 52.6 Å². The molecule has 2 atom stereocenters. The Hall–Kier alpha value is -2.10. The van der Waals surface area contributed by atoms with Gasteiger partial charge in [-0.25, -0.2) is 9.59 Å². The molecule has 4 bridgehead atoms. The zero-order valence-electron chi connectivity index (χ0n) is 11.1. The third-order valence-electron chi connectivity index (χ3n) is 4.52. The Morgan fingerprint density at radius 1 is 1.25 bits per heavy atom. The Morgan fingerprint density at radius 3 is 2.85 bits per heavy atom. The lowest BCUT2D eigenvalue weighted by Crippen LogP contribution is -2.35. The molecule has 20 heavy (non-hydrogen) atoms. The van der Waals surface area contributed by atoms with Crippen molar-refractivity contribution < 1.29 is 19.1 Å². The van der Waals surface area contributed by atoms with E-state index in [9.17, 15) is 9.59 Å². The maximum Gasteiger partial charge on any atom is 0.343 e. The van der Waals surface area contributed by atoms with Crippen LogP contribution in [0.15, 0.2) is 30.0 Å². The second-order valence-electron chi connectivity index (χ2n) is 5.84. The van der Waals surface area contributed by atoms with E-state index in [0.29, 0.717) is 22.8 Å². The molecular formula is C16H14O4. The first-order valence-corrected chi connectivity index (χ1v) is 6.86. The zero-order valence-corrected chi connectivity index (χ0v) is 11.1. The summed E-state index contributed by atoms with van der Waals surface area (Å²) in [4.78, 5) is 24.6. The smallest absolute Gasteiger partial charge is 0.343 e. The van der Waals surface area contributed by atoms with Crippen LogP contribution in [0.3, 0.4) is 0 Å². The maximum absolute atomic E-state index is 12.3. The highest BCUT2D eigenvalue weighted by molar-refractivity contribution is 5.96. The van der Waals surface area contributed by atoms with E-state index >= 15 is 0 Å². The summed E-state index contributed by atoms with van der Waals surface area (Å²) in [6, 6.07) is 4.93. The number of hydrogen-bond donors (Lipinski definition) is 0. The average molecular weight is 270 g/mol. The number of hydrogen-bond acceptors (Lipinski definition) is 4. The minimum absolute atomic E-state index is 0.342. The molecule has 2 aliphatic heterocycles. The van der Waals surface area contributed by atoms with Gasteiger partial charge in [-0.05, 0) is 55.5 Å². The maximum atomic E-state index is 12.3. The van der Waals surface area contributed by atoms with Gasteiger partial charge in [0.1, 0.15) is 5.76 Å². The number of rotatable bonds is 0. The van der Waals surface area contributed by atoms with Crippen molar-refractivity contribution in [1.82, 2.24) is 0 Å². The Balaban J connectivity index is 1.87. The number of fused-ring (bicyclic) bond motifs is 5. The molecular weight excluding hydrogens is 256 g/mol. The molecule has 4 heteroatoms. The van der Waals surface area contributed by atoms with Gasteiger partial charge < -0.3 is 9.47 Å². The number of aryl methyl sites for hydroxylation is 1. The fourth-order valence-electron chi connectivity index (χ4n) is 3.46. The van der Waals surface area contributed by atoms with Crippen molar-refractivity contribution in [3.05, 3.63) is 46.7 Å². The standard InChI is InChI=1S/C16H14O4/c1-9-6-11-2-3-12(9)15(18)19-13-7-10-4-5-16(13,8-10)20-14(11)17/h2-3,6-7,10H,4-5,8H2,1H3. The molecule has 1 aromatic carbocycles. The number of ether oxygens (including phenoxy) is 2. The van der Waals surface area contributed by atoms with Gasteiger partial charge in [0.05, 0.1) is 11.1 Å². The zero-order chi connectivity index (χ0) is 13.9. The second-order valence-corrected chi connectivity index (χ2v) is 5.84.